The van der Waals surface area contributed by atoms with Crippen molar-refractivity contribution in [3.05, 3.63) is 0 Å². The monoisotopic (exact) mass is 311 g/mol. The van der Waals surface area contributed by atoms with E-state index in [4.69, 9.17) is 21.7 Å². The largest absolute Gasteiger partial charge is 0.480 e. The first kappa shape index (κ1) is 20.9. The summed E-state index contributed by atoms with van der Waals surface area (Å²) in [6.45, 7) is -0.624. The SMILES string of the molecule is CSCC[C@H](N)C(=O)OC[C@H](N)C(=O)O.NCC(=O)O. The molecule has 0 saturated heterocycles. The van der Waals surface area contributed by atoms with Crippen LogP contribution in [-0.2, 0) is 19.1 Å². The van der Waals surface area contributed by atoms with Gasteiger partial charge in [0.2, 0.25) is 0 Å². The highest BCUT2D eigenvalue weighted by molar-refractivity contribution is 7.98. The molecule has 0 bridgehead atoms. The molecule has 0 aliphatic rings. The minimum atomic E-state index is -1.21. The lowest BCUT2D eigenvalue weighted by atomic mass is 10.2. The molecule has 8 N–H and O–H groups in total. The average molecular weight is 311 g/mol. The molecule has 10 heteroatoms. The van der Waals surface area contributed by atoms with Crippen molar-refractivity contribution in [3.8, 4) is 0 Å². The van der Waals surface area contributed by atoms with Crippen molar-refractivity contribution < 1.29 is 29.3 Å². The van der Waals surface area contributed by atoms with E-state index in [-0.39, 0.29) is 13.2 Å². The molecular formula is C10H21N3O6S. The van der Waals surface area contributed by atoms with E-state index in [2.05, 4.69) is 10.5 Å². The normalized spacial score (nSPS) is 12.6. The van der Waals surface area contributed by atoms with E-state index in [9.17, 15) is 14.4 Å². The Bertz CT molecular complexity index is 315. The van der Waals surface area contributed by atoms with Gasteiger partial charge in [0.15, 0.2) is 0 Å². The fourth-order valence-corrected chi connectivity index (χ4v) is 1.20. The highest BCUT2D eigenvalue weighted by Gasteiger charge is 2.18. The number of ether oxygens (including phenoxy) is 1. The van der Waals surface area contributed by atoms with Gasteiger partial charge in [-0.05, 0) is 18.4 Å². The Morgan fingerprint density at radius 2 is 1.70 bits per heavy atom. The summed E-state index contributed by atoms with van der Waals surface area (Å²) >= 11 is 1.57. The summed E-state index contributed by atoms with van der Waals surface area (Å²) in [5, 5.41) is 16.0. The maximum absolute atomic E-state index is 11.2. The van der Waals surface area contributed by atoms with Crippen LogP contribution in [0.3, 0.4) is 0 Å². The number of hydrogen-bond acceptors (Lipinski definition) is 8. The second-order valence-electron chi connectivity index (χ2n) is 3.56. The number of carbonyl (C=O) groups excluding carboxylic acids is 1. The van der Waals surface area contributed by atoms with Gasteiger partial charge in [0, 0.05) is 0 Å². The highest BCUT2D eigenvalue weighted by atomic mass is 32.2. The Morgan fingerprint density at radius 3 is 2.05 bits per heavy atom. The molecule has 9 nitrogen and oxygen atoms in total. The summed E-state index contributed by atoms with van der Waals surface area (Å²) < 4.78 is 4.64. The maximum atomic E-state index is 11.2. The van der Waals surface area contributed by atoms with Crippen LogP contribution < -0.4 is 17.2 Å². The minimum Gasteiger partial charge on any atom is -0.480 e. The van der Waals surface area contributed by atoms with Crippen LogP contribution >= 0.6 is 11.8 Å². The lowest BCUT2D eigenvalue weighted by Crippen LogP contribution is -2.39. The van der Waals surface area contributed by atoms with Crippen LogP contribution in [0.15, 0.2) is 0 Å². The van der Waals surface area contributed by atoms with Gasteiger partial charge in [-0.2, -0.15) is 11.8 Å². The number of carboxylic acids is 2. The van der Waals surface area contributed by atoms with Gasteiger partial charge in [0.1, 0.15) is 18.7 Å². The Balaban J connectivity index is 0. The number of hydrogen-bond donors (Lipinski definition) is 5. The van der Waals surface area contributed by atoms with Crippen molar-refractivity contribution in [2.75, 3.05) is 25.2 Å². The predicted molar refractivity (Wildman–Crippen MR) is 74.2 cm³/mol. The van der Waals surface area contributed by atoms with E-state index >= 15 is 0 Å². The number of aliphatic carboxylic acids is 2. The molecule has 0 amide bonds. The summed E-state index contributed by atoms with van der Waals surface area (Å²) in [4.78, 5) is 30.7. The molecule has 0 unspecified atom stereocenters. The molecule has 0 aromatic heterocycles. The van der Waals surface area contributed by atoms with Gasteiger partial charge in [-0.3, -0.25) is 14.4 Å². The number of thioether (sulfide) groups is 1. The first-order valence-electron chi connectivity index (χ1n) is 5.57. The van der Waals surface area contributed by atoms with Gasteiger partial charge in [-0.15, -0.1) is 0 Å². The third-order valence-electron chi connectivity index (χ3n) is 1.83. The Morgan fingerprint density at radius 1 is 1.20 bits per heavy atom. The third-order valence-corrected chi connectivity index (χ3v) is 2.48. The molecule has 0 fully saturated rings. The molecule has 20 heavy (non-hydrogen) atoms. The molecular weight excluding hydrogens is 290 g/mol. The summed E-state index contributed by atoms with van der Waals surface area (Å²) in [7, 11) is 0. The quantitative estimate of drug-likeness (QED) is 0.316. The van der Waals surface area contributed by atoms with E-state index in [1.807, 2.05) is 6.26 Å². The van der Waals surface area contributed by atoms with Crippen molar-refractivity contribution >= 4 is 29.7 Å². The van der Waals surface area contributed by atoms with Crippen LogP contribution in [0.4, 0.5) is 0 Å². The molecule has 2 atom stereocenters. The molecule has 0 spiro atoms. The van der Waals surface area contributed by atoms with Gasteiger partial charge in [0.25, 0.3) is 0 Å². The summed E-state index contributed by atoms with van der Waals surface area (Å²) in [5.41, 5.74) is 15.2. The van der Waals surface area contributed by atoms with Gasteiger partial charge in [-0.25, -0.2) is 0 Å². The van der Waals surface area contributed by atoms with Crippen LogP contribution in [0, 0.1) is 0 Å². The topological polar surface area (TPSA) is 179 Å². The molecule has 0 saturated carbocycles. The Hall–Kier alpha value is -1.36. The lowest BCUT2D eigenvalue weighted by molar-refractivity contribution is -0.149. The predicted octanol–water partition coefficient (Wildman–Crippen LogP) is -1.95. The molecule has 0 aromatic rings. The second kappa shape index (κ2) is 12.7. The number of carboxylic acid groups (broad SMARTS) is 2. The number of rotatable bonds is 8. The minimum absolute atomic E-state index is 0.278. The van der Waals surface area contributed by atoms with Crippen LogP contribution in [-0.4, -0.2) is 65.4 Å². The summed E-state index contributed by atoms with van der Waals surface area (Å²) in [6.07, 6.45) is 2.40. The van der Waals surface area contributed by atoms with E-state index in [0.29, 0.717) is 6.42 Å². The summed E-state index contributed by atoms with van der Waals surface area (Å²) in [6, 6.07) is -1.90. The average Bonchev–Trinajstić information content (AvgIpc) is 2.41. The van der Waals surface area contributed by atoms with Crippen molar-refractivity contribution in [1.29, 1.82) is 0 Å². The van der Waals surface area contributed by atoms with Gasteiger partial charge in [-0.1, -0.05) is 0 Å². The third kappa shape index (κ3) is 13.1. The molecule has 118 valence electrons. The zero-order valence-corrected chi connectivity index (χ0v) is 12.0. The number of carbonyl (C=O) groups is 3. The van der Waals surface area contributed by atoms with Crippen LogP contribution in [0.25, 0.3) is 0 Å². The van der Waals surface area contributed by atoms with Crippen LogP contribution in [0.1, 0.15) is 6.42 Å². The lowest BCUT2D eigenvalue weighted by Gasteiger charge is -2.12. The van der Waals surface area contributed by atoms with Crippen molar-refractivity contribution in [2.45, 2.75) is 18.5 Å². The summed E-state index contributed by atoms with van der Waals surface area (Å²) in [5.74, 6) is -2.03. The zero-order valence-electron chi connectivity index (χ0n) is 11.2. The maximum Gasteiger partial charge on any atom is 0.324 e. The van der Waals surface area contributed by atoms with Crippen LogP contribution in [0.2, 0.25) is 0 Å². The fraction of sp³-hybridized carbons (Fsp3) is 0.700. The Labute approximate surface area is 120 Å². The van der Waals surface area contributed by atoms with Gasteiger partial charge < -0.3 is 32.2 Å². The van der Waals surface area contributed by atoms with E-state index in [0.717, 1.165) is 5.75 Å². The Kier molecular flexibility index (Phi) is 13.3. The first-order valence-corrected chi connectivity index (χ1v) is 6.97. The smallest absolute Gasteiger partial charge is 0.324 e. The second-order valence-corrected chi connectivity index (χ2v) is 4.55. The standard InChI is InChI=1S/C8H16N2O4S.C2H5NO2/c1-15-3-2-5(9)8(13)14-4-6(10)7(11)12;3-1-2(4)5/h5-6H,2-4,9-10H2,1H3,(H,11,12);1,3H2,(H,4,5)/t5-,6-;/m0./s1. The van der Waals surface area contributed by atoms with E-state index in [1.165, 1.54) is 0 Å². The van der Waals surface area contributed by atoms with Crippen LogP contribution in [0.5, 0.6) is 0 Å². The molecule has 0 aromatic carbocycles. The van der Waals surface area contributed by atoms with Gasteiger partial charge in [0.05, 0.1) is 6.54 Å². The van der Waals surface area contributed by atoms with Crippen molar-refractivity contribution in [3.63, 3.8) is 0 Å². The van der Waals surface area contributed by atoms with Crippen molar-refractivity contribution in [2.24, 2.45) is 17.2 Å². The first-order chi connectivity index (χ1) is 9.26. The molecule has 0 rings (SSSR count). The highest BCUT2D eigenvalue weighted by Crippen LogP contribution is 2.00. The van der Waals surface area contributed by atoms with Crippen molar-refractivity contribution in [1.82, 2.24) is 0 Å². The molecule has 0 aliphatic carbocycles. The number of nitrogens with two attached hydrogens (primary N) is 3. The fourth-order valence-electron chi connectivity index (χ4n) is 0.713. The number of esters is 1. The zero-order chi connectivity index (χ0) is 16.1. The van der Waals surface area contributed by atoms with Gasteiger partial charge >= 0.3 is 17.9 Å². The van der Waals surface area contributed by atoms with E-state index < -0.39 is 30.0 Å². The van der Waals surface area contributed by atoms with E-state index in [1.54, 1.807) is 11.8 Å². The molecule has 0 aliphatic heterocycles. The molecule has 0 radical (unpaired) electrons. The molecule has 0 heterocycles.